The minimum absolute atomic E-state index is 0.0506. The largest absolute Gasteiger partial charge is 0.497 e. The Morgan fingerprint density at radius 3 is 2.44 bits per heavy atom. The van der Waals surface area contributed by atoms with Crippen molar-refractivity contribution in [1.29, 1.82) is 0 Å². The lowest BCUT2D eigenvalue weighted by molar-refractivity contribution is 0.192. The molecule has 1 aromatic heterocycles. The fraction of sp³-hybridized carbons (Fsp3) is 0.550. The SMILES string of the molecule is COc1ccc(NC(=O)N2CCCC(c3nnc(C4CCCC4)s3)C2)cc1. The number of ether oxygens (including phenoxy) is 1. The van der Waals surface area contributed by atoms with Crippen LogP contribution in [0.2, 0.25) is 0 Å². The van der Waals surface area contributed by atoms with Gasteiger partial charge in [-0.25, -0.2) is 4.79 Å². The number of amides is 2. The van der Waals surface area contributed by atoms with Crippen LogP contribution in [0.15, 0.2) is 24.3 Å². The Morgan fingerprint density at radius 2 is 1.74 bits per heavy atom. The van der Waals surface area contributed by atoms with Crippen LogP contribution in [0.25, 0.3) is 0 Å². The van der Waals surface area contributed by atoms with Crippen LogP contribution in [-0.2, 0) is 0 Å². The molecule has 2 fully saturated rings. The molecule has 1 aliphatic heterocycles. The second-order valence-corrected chi connectivity index (χ2v) is 8.44. The molecular formula is C20H26N4O2S. The van der Waals surface area contributed by atoms with Crippen molar-refractivity contribution >= 4 is 23.1 Å². The molecule has 4 rings (SSSR count). The second kappa shape index (κ2) is 8.25. The molecule has 27 heavy (non-hydrogen) atoms. The van der Waals surface area contributed by atoms with E-state index in [1.165, 1.54) is 30.7 Å². The zero-order valence-corrected chi connectivity index (χ0v) is 16.5. The summed E-state index contributed by atoms with van der Waals surface area (Å²) >= 11 is 1.76. The van der Waals surface area contributed by atoms with Crippen molar-refractivity contribution in [3.63, 3.8) is 0 Å². The van der Waals surface area contributed by atoms with Crippen molar-refractivity contribution in [2.75, 3.05) is 25.5 Å². The van der Waals surface area contributed by atoms with Crippen LogP contribution in [0.4, 0.5) is 10.5 Å². The van der Waals surface area contributed by atoms with Crippen molar-refractivity contribution in [3.05, 3.63) is 34.3 Å². The van der Waals surface area contributed by atoms with Crippen LogP contribution < -0.4 is 10.1 Å². The lowest BCUT2D eigenvalue weighted by Gasteiger charge is -2.31. The number of methoxy groups -OCH3 is 1. The van der Waals surface area contributed by atoms with Gasteiger partial charge in [0.25, 0.3) is 0 Å². The lowest BCUT2D eigenvalue weighted by atomic mass is 9.99. The lowest BCUT2D eigenvalue weighted by Crippen LogP contribution is -2.41. The summed E-state index contributed by atoms with van der Waals surface area (Å²) < 4.78 is 5.16. The summed E-state index contributed by atoms with van der Waals surface area (Å²) in [6.45, 7) is 1.49. The molecular weight excluding hydrogens is 360 g/mol. The first-order valence-electron chi connectivity index (χ1n) is 9.76. The fourth-order valence-electron chi connectivity index (χ4n) is 3.99. The number of hydrogen-bond donors (Lipinski definition) is 1. The van der Waals surface area contributed by atoms with Gasteiger partial charge in [0, 0.05) is 30.6 Å². The Morgan fingerprint density at radius 1 is 1.07 bits per heavy atom. The monoisotopic (exact) mass is 386 g/mol. The molecule has 7 heteroatoms. The molecule has 1 aliphatic carbocycles. The second-order valence-electron chi connectivity index (χ2n) is 7.40. The Bertz CT molecular complexity index is 771. The van der Waals surface area contributed by atoms with Crippen molar-refractivity contribution < 1.29 is 9.53 Å². The van der Waals surface area contributed by atoms with Gasteiger partial charge in [-0.3, -0.25) is 0 Å². The summed E-state index contributed by atoms with van der Waals surface area (Å²) in [6, 6.07) is 7.36. The zero-order valence-electron chi connectivity index (χ0n) is 15.7. The number of urea groups is 1. The summed E-state index contributed by atoms with van der Waals surface area (Å²) in [5, 5.41) is 14.2. The topological polar surface area (TPSA) is 67.3 Å². The predicted octanol–water partition coefficient (Wildman–Crippen LogP) is 4.62. The number of likely N-dealkylation sites (tertiary alicyclic amines) is 1. The normalized spacial score (nSPS) is 20.6. The summed E-state index contributed by atoms with van der Waals surface area (Å²) in [5.41, 5.74) is 0.780. The summed E-state index contributed by atoms with van der Waals surface area (Å²) in [4.78, 5) is 14.6. The molecule has 2 aliphatic rings. The number of hydrogen-bond acceptors (Lipinski definition) is 5. The molecule has 1 atom stereocenters. The van der Waals surface area contributed by atoms with Gasteiger partial charge >= 0.3 is 6.03 Å². The molecule has 0 bridgehead atoms. The number of piperidine rings is 1. The number of benzene rings is 1. The van der Waals surface area contributed by atoms with Crippen LogP contribution >= 0.6 is 11.3 Å². The van der Waals surface area contributed by atoms with Gasteiger partial charge in [-0.2, -0.15) is 0 Å². The highest BCUT2D eigenvalue weighted by Crippen LogP contribution is 2.38. The van der Waals surface area contributed by atoms with E-state index in [2.05, 4.69) is 15.5 Å². The Kier molecular flexibility index (Phi) is 5.57. The Hall–Kier alpha value is -2.15. The van der Waals surface area contributed by atoms with Gasteiger partial charge in [-0.05, 0) is 49.9 Å². The van der Waals surface area contributed by atoms with E-state index >= 15 is 0 Å². The molecule has 0 spiro atoms. The minimum Gasteiger partial charge on any atom is -0.497 e. The standard InChI is InChI=1S/C20H26N4O2S/c1-26-17-10-8-16(9-11-17)21-20(25)24-12-4-7-15(13-24)19-23-22-18(27-19)14-5-2-3-6-14/h8-11,14-15H,2-7,12-13H2,1H3,(H,21,25). The molecule has 1 aromatic carbocycles. The number of carbonyl (C=O) groups excluding carboxylic acids is 1. The van der Waals surface area contributed by atoms with Gasteiger partial charge in [0.05, 0.1) is 7.11 Å². The van der Waals surface area contributed by atoms with Gasteiger partial charge in [-0.15, -0.1) is 21.5 Å². The number of rotatable bonds is 4. The molecule has 1 saturated heterocycles. The molecule has 1 saturated carbocycles. The minimum atomic E-state index is -0.0506. The van der Waals surface area contributed by atoms with Crippen LogP contribution in [0.3, 0.4) is 0 Å². The van der Waals surface area contributed by atoms with Crippen LogP contribution in [0, 0.1) is 0 Å². The first-order chi connectivity index (χ1) is 13.2. The third-order valence-electron chi connectivity index (χ3n) is 5.56. The van der Waals surface area contributed by atoms with Gasteiger partial charge in [0.15, 0.2) is 0 Å². The summed E-state index contributed by atoms with van der Waals surface area (Å²) in [7, 11) is 1.63. The number of aromatic nitrogens is 2. The first kappa shape index (κ1) is 18.2. The first-order valence-corrected chi connectivity index (χ1v) is 10.6. The van der Waals surface area contributed by atoms with Crippen molar-refractivity contribution in [3.8, 4) is 5.75 Å². The predicted molar refractivity (Wildman–Crippen MR) is 107 cm³/mol. The number of nitrogens with one attached hydrogen (secondary N) is 1. The van der Waals surface area contributed by atoms with Crippen molar-refractivity contribution in [2.24, 2.45) is 0 Å². The van der Waals surface area contributed by atoms with E-state index in [1.807, 2.05) is 29.2 Å². The third-order valence-corrected chi connectivity index (χ3v) is 6.81. The number of anilines is 1. The van der Waals surface area contributed by atoms with Gasteiger partial charge in [0.2, 0.25) is 0 Å². The molecule has 144 valence electrons. The molecule has 2 heterocycles. The highest BCUT2D eigenvalue weighted by molar-refractivity contribution is 7.11. The quantitative estimate of drug-likeness (QED) is 0.833. The van der Waals surface area contributed by atoms with Gasteiger partial charge in [0.1, 0.15) is 15.8 Å². The highest BCUT2D eigenvalue weighted by atomic mass is 32.1. The van der Waals surface area contributed by atoms with E-state index in [9.17, 15) is 4.79 Å². The maximum atomic E-state index is 12.7. The van der Waals surface area contributed by atoms with E-state index in [0.717, 1.165) is 35.8 Å². The average molecular weight is 387 g/mol. The van der Waals surface area contributed by atoms with E-state index in [1.54, 1.807) is 18.4 Å². The smallest absolute Gasteiger partial charge is 0.321 e. The van der Waals surface area contributed by atoms with Gasteiger partial charge < -0.3 is 15.0 Å². The van der Waals surface area contributed by atoms with E-state index < -0.39 is 0 Å². The number of carbonyl (C=O) groups is 1. The molecule has 2 amide bonds. The van der Waals surface area contributed by atoms with Crippen molar-refractivity contribution in [2.45, 2.75) is 50.4 Å². The zero-order chi connectivity index (χ0) is 18.6. The number of nitrogens with zero attached hydrogens (tertiary/aromatic N) is 3. The summed E-state index contributed by atoms with van der Waals surface area (Å²) in [6.07, 6.45) is 7.18. The molecule has 0 radical (unpaired) electrons. The maximum absolute atomic E-state index is 12.7. The van der Waals surface area contributed by atoms with Crippen LogP contribution in [-0.4, -0.2) is 41.3 Å². The molecule has 1 unspecified atom stereocenters. The van der Waals surface area contributed by atoms with E-state index in [4.69, 9.17) is 4.74 Å². The molecule has 6 nitrogen and oxygen atoms in total. The van der Waals surface area contributed by atoms with E-state index in [0.29, 0.717) is 18.4 Å². The van der Waals surface area contributed by atoms with Crippen LogP contribution in [0.1, 0.15) is 60.4 Å². The Labute approximate surface area is 163 Å². The average Bonchev–Trinajstić information content (AvgIpc) is 3.40. The maximum Gasteiger partial charge on any atom is 0.321 e. The highest BCUT2D eigenvalue weighted by Gasteiger charge is 2.29. The van der Waals surface area contributed by atoms with Crippen LogP contribution in [0.5, 0.6) is 5.75 Å². The van der Waals surface area contributed by atoms with E-state index in [-0.39, 0.29) is 6.03 Å². The third kappa shape index (κ3) is 4.24. The van der Waals surface area contributed by atoms with Crippen molar-refractivity contribution in [1.82, 2.24) is 15.1 Å². The van der Waals surface area contributed by atoms with Gasteiger partial charge in [-0.1, -0.05) is 12.8 Å². The molecule has 2 aromatic rings. The molecule has 1 N–H and O–H groups in total. The summed E-state index contributed by atoms with van der Waals surface area (Å²) in [5.74, 6) is 1.68. The fourth-order valence-corrected chi connectivity index (χ4v) is 5.13. The Balaban J connectivity index is 1.37.